The minimum absolute atomic E-state index is 0.0905. The van der Waals surface area contributed by atoms with E-state index in [4.69, 9.17) is 9.47 Å². The Bertz CT molecular complexity index is 898. The molecule has 0 fully saturated rings. The fourth-order valence-electron chi connectivity index (χ4n) is 2.56. The van der Waals surface area contributed by atoms with Gasteiger partial charge in [0.15, 0.2) is 11.5 Å². The van der Waals surface area contributed by atoms with Crippen LogP contribution in [0.1, 0.15) is 23.7 Å². The molecule has 2 aromatic rings. The van der Waals surface area contributed by atoms with Gasteiger partial charge in [-0.1, -0.05) is 6.92 Å². The number of benzene rings is 2. The van der Waals surface area contributed by atoms with Crippen molar-refractivity contribution < 1.29 is 23.9 Å². The zero-order chi connectivity index (χ0) is 20.6. The molecular weight excluding hydrogens is 376 g/mol. The van der Waals surface area contributed by atoms with Crippen LogP contribution in [0.4, 0.5) is 16.2 Å². The third-order valence-electron chi connectivity index (χ3n) is 4.08. The molecule has 0 aromatic heterocycles. The van der Waals surface area contributed by atoms with E-state index in [0.29, 0.717) is 34.9 Å². The highest BCUT2D eigenvalue weighted by atomic mass is 16.7. The van der Waals surface area contributed by atoms with E-state index < -0.39 is 6.03 Å². The predicted molar refractivity (Wildman–Crippen MR) is 107 cm³/mol. The molecule has 0 bridgehead atoms. The van der Waals surface area contributed by atoms with E-state index >= 15 is 0 Å². The molecule has 4 N–H and O–H groups in total. The number of urea groups is 1. The standard InChI is InChI=1S/C20H22N4O5/c1-2-18(25)23-14-5-3-13(4-6-14)19(26)21-9-10-22-20(27)24-15-7-8-16-17(11-15)29-12-28-16/h3-8,11H,2,9-10,12H2,1H3,(H,21,26)(H,23,25)(H2,22,24,27). The molecule has 3 rings (SSSR count). The van der Waals surface area contributed by atoms with Crippen molar-refractivity contribution in [2.45, 2.75) is 13.3 Å². The third kappa shape index (κ3) is 5.61. The maximum atomic E-state index is 12.1. The summed E-state index contributed by atoms with van der Waals surface area (Å²) in [5.74, 6) is 0.860. The maximum Gasteiger partial charge on any atom is 0.319 e. The van der Waals surface area contributed by atoms with Crippen LogP contribution in [-0.2, 0) is 4.79 Å². The molecule has 0 saturated carbocycles. The molecule has 0 spiro atoms. The molecule has 2 aromatic carbocycles. The number of carbonyl (C=O) groups excluding carboxylic acids is 3. The van der Waals surface area contributed by atoms with E-state index in [2.05, 4.69) is 21.3 Å². The summed E-state index contributed by atoms with van der Waals surface area (Å²) in [6.45, 7) is 2.45. The van der Waals surface area contributed by atoms with E-state index in [1.807, 2.05) is 0 Å². The largest absolute Gasteiger partial charge is 0.454 e. The Morgan fingerprint density at radius 3 is 2.31 bits per heavy atom. The minimum Gasteiger partial charge on any atom is -0.454 e. The van der Waals surface area contributed by atoms with E-state index in [-0.39, 0.29) is 31.7 Å². The number of ether oxygens (including phenoxy) is 2. The quantitative estimate of drug-likeness (QED) is 0.534. The van der Waals surface area contributed by atoms with Crippen LogP contribution in [0.5, 0.6) is 11.5 Å². The fourth-order valence-corrected chi connectivity index (χ4v) is 2.56. The number of nitrogens with one attached hydrogen (secondary N) is 4. The van der Waals surface area contributed by atoms with Gasteiger partial charge in [0.25, 0.3) is 5.91 Å². The molecule has 29 heavy (non-hydrogen) atoms. The SMILES string of the molecule is CCC(=O)Nc1ccc(C(=O)NCCNC(=O)Nc2ccc3c(c2)OCO3)cc1. The summed E-state index contributed by atoms with van der Waals surface area (Å²) in [6.07, 6.45) is 0.386. The summed E-state index contributed by atoms with van der Waals surface area (Å²) in [5, 5.41) is 10.8. The van der Waals surface area contributed by atoms with Crippen molar-refractivity contribution in [2.75, 3.05) is 30.5 Å². The van der Waals surface area contributed by atoms with Crippen LogP contribution >= 0.6 is 0 Å². The number of hydrogen-bond donors (Lipinski definition) is 4. The van der Waals surface area contributed by atoms with Crippen LogP contribution in [0.3, 0.4) is 0 Å². The molecule has 4 amide bonds. The average Bonchev–Trinajstić information content (AvgIpc) is 3.19. The highest BCUT2D eigenvalue weighted by molar-refractivity contribution is 5.95. The number of rotatable bonds is 7. The Hall–Kier alpha value is -3.75. The van der Waals surface area contributed by atoms with Gasteiger partial charge in [0.2, 0.25) is 12.7 Å². The van der Waals surface area contributed by atoms with Crippen molar-refractivity contribution >= 4 is 29.2 Å². The third-order valence-corrected chi connectivity index (χ3v) is 4.08. The summed E-state index contributed by atoms with van der Waals surface area (Å²) in [5.41, 5.74) is 1.67. The highest BCUT2D eigenvalue weighted by Gasteiger charge is 2.14. The van der Waals surface area contributed by atoms with Crippen molar-refractivity contribution in [3.8, 4) is 11.5 Å². The topological polar surface area (TPSA) is 118 Å². The van der Waals surface area contributed by atoms with Crippen LogP contribution in [-0.4, -0.2) is 37.7 Å². The Morgan fingerprint density at radius 2 is 1.55 bits per heavy atom. The average molecular weight is 398 g/mol. The second-order valence-corrected chi connectivity index (χ2v) is 6.18. The smallest absolute Gasteiger partial charge is 0.319 e. The normalized spacial score (nSPS) is 11.5. The molecule has 0 unspecified atom stereocenters. The Kier molecular flexibility index (Phi) is 6.51. The molecule has 0 saturated heterocycles. The van der Waals surface area contributed by atoms with Gasteiger partial charge in [0.05, 0.1) is 0 Å². The molecule has 1 aliphatic heterocycles. The van der Waals surface area contributed by atoms with Crippen LogP contribution in [0.2, 0.25) is 0 Å². The first-order chi connectivity index (χ1) is 14.0. The van der Waals surface area contributed by atoms with Gasteiger partial charge in [0, 0.05) is 42.5 Å². The lowest BCUT2D eigenvalue weighted by Crippen LogP contribution is -2.36. The van der Waals surface area contributed by atoms with E-state index in [1.54, 1.807) is 49.4 Å². The zero-order valence-corrected chi connectivity index (χ0v) is 15.9. The van der Waals surface area contributed by atoms with Crippen molar-refractivity contribution in [1.82, 2.24) is 10.6 Å². The summed E-state index contributed by atoms with van der Waals surface area (Å²) < 4.78 is 10.5. The molecule has 9 nitrogen and oxygen atoms in total. The van der Waals surface area contributed by atoms with E-state index in [1.165, 1.54) is 0 Å². The fraction of sp³-hybridized carbons (Fsp3) is 0.250. The van der Waals surface area contributed by atoms with Gasteiger partial charge in [-0.3, -0.25) is 9.59 Å². The number of amides is 4. The van der Waals surface area contributed by atoms with Gasteiger partial charge in [-0.25, -0.2) is 4.79 Å². The first kappa shape index (κ1) is 20.0. The lowest BCUT2D eigenvalue weighted by Gasteiger charge is -2.09. The zero-order valence-electron chi connectivity index (χ0n) is 15.9. The van der Waals surface area contributed by atoms with Crippen molar-refractivity contribution in [2.24, 2.45) is 0 Å². The molecule has 0 atom stereocenters. The number of anilines is 2. The molecule has 1 aliphatic rings. The molecular formula is C20H22N4O5. The molecule has 152 valence electrons. The van der Waals surface area contributed by atoms with Crippen LogP contribution in [0, 0.1) is 0 Å². The van der Waals surface area contributed by atoms with Gasteiger partial charge < -0.3 is 30.7 Å². The monoisotopic (exact) mass is 398 g/mol. The Labute approximate surface area is 167 Å². The van der Waals surface area contributed by atoms with E-state index in [9.17, 15) is 14.4 Å². The van der Waals surface area contributed by atoms with Crippen LogP contribution in [0.15, 0.2) is 42.5 Å². The first-order valence-electron chi connectivity index (χ1n) is 9.18. The number of fused-ring (bicyclic) bond motifs is 1. The van der Waals surface area contributed by atoms with Gasteiger partial charge >= 0.3 is 6.03 Å². The Balaban J connectivity index is 1.38. The lowest BCUT2D eigenvalue weighted by molar-refractivity contribution is -0.115. The highest BCUT2D eigenvalue weighted by Crippen LogP contribution is 2.34. The Morgan fingerprint density at radius 1 is 0.862 bits per heavy atom. The van der Waals surface area contributed by atoms with E-state index in [0.717, 1.165) is 0 Å². The second kappa shape index (κ2) is 9.45. The van der Waals surface area contributed by atoms with Crippen molar-refractivity contribution in [3.05, 3.63) is 48.0 Å². The van der Waals surface area contributed by atoms with Crippen molar-refractivity contribution in [3.63, 3.8) is 0 Å². The maximum absolute atomic E-state index is 12.1. The van der Waals surface area contributed by atoms with Gasteiger partial charge in [-0.15, -0.1) is 0 Å². The second-order valence-electron chi connectivity index (χ2n) is 6.18. The van der Waals surface area contributed by atoms with Gasteiger partial charge in [-0.05, 0) is 36.4 Å². The summed E-state index contributed by atoms with van der Waals surface area (Å²) in [7, 11) is 0. The molecule has 0 aliphatic carbocycles. The molecule has 9 heteroatoms. The van der Waals surface area contributed by atoms with Gasteiger partial charge in [-0.2, -0.15) is 0 Å². The summed E-state index contributed by atoms with van der Waals surface area (Å²) in [6, 6.07) is 11.3. The number of carbonyl (C=O) groups is 3. The predicted octanol–water partition coefficient (Wildman–Crippen LogP) is 2.32. The summed E-state index contributed by atoms with van der Waals surface area (Å²) >= 11 is 0. The first-order valence-corrected chi connectivity index (χ1v) is 9.18. The van der Waals surface area contributed by atoms with Crippen LogP contribution < -0.4 is 30.7 Å². The lowest BCUT2D eigenvalue weighted by atomic mass is 10.2. The van der Waals surface area contributed by atoms with Crippen molar-refractivity contribution in [1.29, 1.82) is 0 Å². The van der Waals surface area contributed by atoms with Gasteiger partial charge in [0.1, 0.15) is 0 Å². The molecule has 1 heterocycles. The minimum atomic E-state index is -0.394. The molecule has 0 radical (unpaired) electrons. The number of hydrogen-bond acceptors (Lipinski definition) is 5. The van der Waals surface area contributed by atoms with Crippen LogP contribution in [0.25, 0.3) is 0 Å². The summed E-state index contributed by atoms with van der Waals surface area (Å²) in [4.78, 5) is 35.4.